The van der Waals surface area contributed by atoms with Crippen LogP contribution in [0.4, 0.5) is 0 Å². The average Bonchev–Trinajstić information content (AvgIpc) is 2.79. The Hall–Kier alpha value is -0.470. The van der Waals surface area contributed by atoms with Gasteiger partial charge in [-0.25, -0.2) is 8.42 Å². The molecule has 7 heteroatoms. The lowest BCUT2D eigenvalue weighted by molar-refractivity contribution is 0.0102. The van der Waals surface area contributed by atoms with E-state index in [1.807, 2.05) is 6.92 Å². The molecule has 102 valence electrons. The van der Waals surface area contributed by atoms with E-state index in [-0.39, 0.29) is 12.7 Å². The number of thiophene rings is 1. The summed E-state index contributed by atoms with van der Waals surface area (Å²) in [6, 6.07) is 3.38. The fourth-order valence-corrected chi connectivity index (χ4v) is 4.87. The largest absolute Gasteiger partial charge is 0.396 e. The van der Waals surface area contributed by atoms with Crippen LogP contribution in [0.3, 0.4) is 0 Å². The van der Waals surface area contributed by atoms with Gasteiger partial charge in [0.25, 0.3) is 10.0 Å². The molecule has 1 fully saturated rings. The molecule has 1 aliphatic rings. The van der Waals surface area contributed by atoms with Crippen LogP contribution in [0, 0.1) is 0 Å². The summed E-state index contributed by atoms with van der Waals surface area (Å²) in [4.78, 5) is 0.886. The first-order valence-electron chi connectivity index (χ1n) is 5.85. The summed E-state index contributed by atoms with van der Waals surface area (Å²) in [5, 5.41) is 8.85. The van der Waals surface area contributed by atoms with E-state index < -0.39 is 10.0 Å². The lowest BCUT2D eigenvalue weighted by Gasteiger charge is -2.29. The van der Waals surface area contributed by atoms with Crippen molar-refractivity contribution in [2.75, 3.05) is 26.3 Å². The molecule has 0 aromatic carbocycles. The molecule has 1 saturated heterocycles. The SMILES string of the molecule is CC1CN(S(=O)(=O)c2ccc(CCO)s2)CCO1. The van der Waals surface area contributed by atoms with Gasteiger partial charge in [0, 0.05) is 31.0 Å². The van der Waals surface area contributed by atoms with Crippen molar-refractivity contribution in [3.05, 3.63) is 17.0 Å². The number of aliphatic hydroxyl groups excluding tert-OH is 1. The van der Waals surface area contributed by atoms with Gasteiger partial charge in [0.15, 0.2) is 0 Å². The third kappa shape index (κ3) is 2.92. The second-order valence-electron chi connectivity index (χ2n) is 4.24. The van der Waals surface area contributed by atoms with E-state index in [9.17, 15) is 8.42 Å². The van der Waals surface area contributed by atoms with Crippen molar-refractivity contribution in [1.82, 2.24) is 4.31 Å². The molecule has 0 aliphatic carbocycles. The highest BCUT2D eigenvalue weighted by Gasteiger charge is 2.30. The highest BCUT2D eigenvalue weighted by molar-refractivity contribution is 7.91. The van der Waals surface area contributed by atoms with E-state index in [4.69, 9.17) is 9.84 Å². The zero-order valence-corrected chi connectivity index (χ0v) is 11.8. The molecular weight excluding hydrogens is 274 g/mol. The summed E-state index contributed by atoms with van der Waals surface area (Å²) in [5.41, 5.74) is 0. The van der Waals surface area contributed by atoms with Crippen molar-refractivity contribution >= 4 is 21.4 Å². The van der Waals surface area contributed by atoms with Crippen LogP contribution in [0.15, 0.2) is 16.3 Å². The Morgan fingerprint density at radius 2 is 2.33 bits per heavy atom. The maximum absolute atomic E-state index is 12.4. The fraction of sp³-hybridized carbons (Fsp3) is 0.636. The second-order valence-corrected chi connectivity index (χ2v) is 7.57. The molecule has 1 aliphatic heterocycles. The van der Waals surface area contributed by atoms with Crippen LogP contribution in [-0.2, 0) is 21.2 Å². The van der Waals surface area contributed by atoms with Crippen molar-refractivity contribution in [3.63, 3.8) is 0 Å². The van der Waals surface area contributed by atoms with Crippen LogP contribution in [0.1, 0.15) is 11.8 Å². The standard InChI is InChI=1S/C11H17NO4S2/c1-9-8-12(5-7-16-9)18(14,15)11-3-2-10(17-11)4-6-13/h2-3,9,13H,4-8H2,1H3. The van der Waals surface area contributed by atoms with Crippen LogP contribution in [-0.4, -0.2) is 50.2 Å². The molecule has 1 aromatic heterocycles. The molecule has 5 nitrogen and oxygen atoms in total. The topological polar surface area (TPSA) is 66.8 Å². The monoisotopic (exact) mass is 291 g/mol. The first kappa shape index (κ1) is 14.0. The third-order valence-electron chi connectivity index (χ3n) is 2.79. The maximum Gasteiger partial charge on any atom is 0.252 e. The van der Waals surface area contributed by atoms with Crippen molar-refractivity contribution in [3.8, 4) is 0 Å². The second kappa shape index (κ2) is 5.66. The highest BCUT2D eigenvalue weighted by Crippen LogP contribution is 2.26. The molecule has 18 heavy (non-hydrogen) atoms. The quantitative estimate of drug-likeness (QED) is 0.886. The summed E-state index contributed by atoms with van der Waals surface area (Å²) in [6.45, 7) is 3.15. The van der Waals surface area contributed by atoms with Crippen LogP contribution in [0.2, 0.25) is 0 Å². The number of sulfonamides is 1. The molecule has 1 N–H and O–H groups in total. The van der Waals surface area contributed by atoms with Gasteiger partial charge in [0.05, 0.1) is 12.7 Å². The molecule has 0 radical (unpaired) electrons. The van der Waals surface area contributed by atoms with Gasteiger partial charge in [-0.1, -0.05) is 0 Å². The summed E-state index contributed by atoms with van der Waals surface area (Å²) >= 11 is 1.23. The Balaban J connectivity index is 2.18. The summed E-state index contributed by atoms with van der Waals surface area (Å²) in [6.07, 6.45) is 0.435. The number of nitrogens with zero attached hydrogens (tertiary/aromatic N) is 1. The summed E-state index contributed by atoms with van der Waals surface area (Å²) < 4.78 is 31.9. The van der Waals surface area contributed by atoms with Crippen molar-refractivity contribution in [2.24, 2.45) is 0 Å². The molecule has 0 spiro atoms. The molecule has 2 rings (SSSR count). The number of morpholine rings is 1. The van der Waals surface area contributed by atoms with Gasteiger partial charge in [-0.3, -0.25) is 0 Å². The zero-order chi connectivity index (χ0) is 13.2. The summed E-state index contributed by atoms with van der Waals surface area (Å²) in [7, 11) is -3.40. The van der Waals surface area contributed by atoms with Crippen LogP contribution in [0.5, 0.6) is 0 Å². The van der Waals surface area contributed by atoms with Gasteiger partial charge in [0.2, 0.25) is 0 Å². The number of hydrogen-bond acceptors (Lipinski definition) is 5. The number of aliphatic hydroxyl groups is 1. The maximum atomic E-state index is 12.4. The molecule has 1 aromatic rings. The first-order chi connectivity index (χ1) is 8.54. The molecule has 1 atom stereocenters. The predicted molar refractivity (Wildman–Crippen MR) is 69.3 cm³/mol. The van der Waals surface area contributed by atoms with Gasteiger partial charge in [-0.05, 0) is 19.1 Å². The minimum Gasteiger partial charge on any atom is -0.396 e. The highest BCUT2D eigenvalue weighted by atomic mass is 32.2. The Bertz CT molecular complexity index is 497. The normalized spacial score (nSPS) is 22.2. The smallest absolute Gasteiger partial charge is 0.252 e. The van der Waals surface area contributed by atoms with Gasteiger partial charge >= 0.3 is 0 Å². The third-order valence-corrected chi connectivity index (χ3v) is 6.27. The van der Waals surface area contributed by atoms with Gasteiger partial charge < -0.3 is 9.84 Å². The van der Waals surface area contributed by atoms with Crippen LogP contribution >= 0.6 is 11.3 Å². The van der Waals surface area contributed by atoms with Crippen molar-refractivity contribution < 1.29 is 18.3 Å². The van der Waals surface area contributed by atoms with Crippen molar-refractivity contribution in [1.29, 1.82) is 0 Å². The molecule has 0 amide bonds. The number of ether oxygens (including phenoxy) is 1. The fourth-order valence-electron chi connectivity index (χ4n) is 1.87. The summed E-state index contributed by atoms with van der Waals surface area (Å²) in [5.74, 6) is 0. The molecule has 2 heterocycles. The van der Waals surface area contributed by atoms with Gasteiger partial charge in [0.1, 0.15) is 4.21 Å². The van der Waals surface area contributed by atoms with Crippen LogP contribution in [0.25, 0.3) is 0 Å². The van der Waals surface area contributed by atoms with E-state index in [2.05, 4.69) is 0 Å². The lowest BCUT2D eigenvalue weighted by Crippen LogP contribution is -2.44. The average molecular weight is 291 g/mol. The molecule has 1 unspecified atom stereocenters. The Morgan fingerprint density at radius 1 is 1.56 bits per heavy atom. The van der Waals surface area contributed by atoms with E-state index in [0.29, 0.717) is 30.3 Å². The van der Waals surface area contributed by atoms with Gasteiger partial charge in [-0.2, -0.15) is 4.31 Å². The molecule has 0 bridgehead atoms. The molecular formula is C11H17NO4S2. The minimum absolute atomic E-state index is 0.0363. The van der Waals surface area contributed by atoms with Crippen molar-refractivity contribution in [2.45, 2.75) is 23.7 Å². The predicted octanol–water partition coefficient (Wildman–Crippen LogP) is 0.692. The van der Waals surface area contributed by atoms with Gasteiger partial charge in [-0.15, -0.1) is 11.3 Å². The number of rotatable bonds is 4. The zero-order valence-electron chi connectivity index (χ0n) is 10.2. The van der Waals surface area contributed by atoms with E-state index in [1.165, 1.54) is 15.6 Å². The first-order valence-corrected chi connectivity index (χ1v) is 8.11. The van der Waals surface area contributed by atoms with E-state index >= 15 is 0 Å². The minimum atomic E-state index is -3.40. The lowest BCUT2D eigenvalue weighted by atomic mass is 10.3. The number of hydrogen-bond donors (Lipinski definition) is 1. The Labute approximate surface area is 111 Å². The van der Waals surface area contributed by atoms with E-state index in [0.717, 1.165) is 4.88 Å². The van der Waals surface area contributed by atoms with Crippen LogP contribution < -0.4 is 0 Å². The Morgan fingerprint density at radius 3 is 3.00 bits per heavy atom. The molecule has 0 saturated carbocycles. The van der Waals surface area contributed by atoms with E-state index in [1.54, 1.807) is 12.1 Å². The Kier molecular flexibility index (Phi) is 4.39.